The van der Waals surface area contributed by atoms with Crippen LogP contribution in [0.2, 0.25) is 0 Å². The van der Waals surface area contributed by atoms with Crippen LogP contribution in [0.15, 0.2) is 0 Å². The van der Waals surface area contributed by atoms with E-state index in [1.807, 2.05) is 0 Å². The normalized spacial score (nSPS) is 14.8. The first kappa shape index (κ1) is 15.0. The van der Waals surface area contributed by atoms with Gasteiger partial charge in [-0.3, -0.25) is 0 Å². The Morgan fingerprint density at radius 2 is 1.57 bits per heavy atom. The number of alkyl halides is 2. The highest BCUT2D eigenvalue weighted by molar-refractivity contribution is 9.09. The Kier molecular flexibility index (Phi) is 7.77. The van der Waals surface area contributed by atoms with Crippen LogP contribution >= 0.6 is 31.9 Å². The van der Waals surface area contributed by atoms with Crippen LogP contribution in [-0.4, -0.2) is 10.7 Å². The van der Waals surface area contributed by atoms with Crippen LogP contribution in [0.5, 0.6) is 0 Å². The van der Waals surface area contributed by atoms with Crippen molar-refractivity contribution in [2.24, 2.45) is 17.3 Å². The molecular formula is C12H24Br2. The number of hydrogen-bond donors (Lipinski definition) is 0. The van der Waals surface area contributed by atoms with Gasteiger partial charge in [-0.25, -0.2) is 0 Å². The molecule has 0 saturated heterocycles. The van der Waals surface area contributed by atoms with Crippen LogP contribution in [0, 0.1) is 17.3 Å². The molecule has 0 aromatic rings. The van der Waals surface area contributed by atoms with Gasteiger partial charge in [0.1, 0.15) is 0 Å². The van der Waals surface area contributed by atoms with Crippen LogP contribution in [0.4, 0.5) is 0 Å². The van der Waals surface area contributed by atoms with E-state index in [2.05, 4.69) is 59.6 Å². The molecule has 0 bridgehead atoms. The largest absolute Gasteiger partial charge is 0.0922 e. The van der Waals surface area contributed by atoms with Crippen molar-refractivity contribution in [2.45, 2.75) is 47.0 Å². The van der Waals surface area contributed by atoms with Gasteiger partial charge in [-0.1, -0.05) is 72.4 Å². The summed E-state index contributed by atoms with van der Waals surface area (Å²) >= 11 is 7.37. The summed E-state index contributed by atoms with van der Waals surface area (Å²) in [6.07, 6.45) is 3.99. The van der Waals surface area contributed by atoms with E-state index in [1.165, 1.54) is 19.3 Å². The molecule has 1 unspecified atom stereocenters. The first-order valence-corrected chi connectivity index (χ1v) is 7.88. The van der Waals surface area contributed by atoms with Crippen molar-refractivity contribution in [3.8, 4) is 0 Å². The van der Waals surface area contributed by atoms with Gasteiger partial charge in [-0.2, -0.15) is 0 Å². The quantitative estimate of drug-likeness (QED) is 0.560. The Labute approximate surface area is 106 Å². The summed E-state index contributed by atoms with van der Waals surface area (Å²) in [5.41, 5.74) is 0.439. The lowest BCUT2D eigenvalue weighted by Crippen LogP contribution is -2.33. The second-order valence-electron chi connectivity index (χ2n) is 4.88. The third-order valence-electron chi connectivity index (χ3n) is 3.29. The third-order valence-corrected chi connectivity index (χ3v) is 5.53. The molecule has 0 aromatic carbocycles. The molecular weight excluding hydrogens is 304 g/mol. The van der Waals surface area contributed by atoms with Crippen molar-refractivity contribution in [2.75, 3.05) is 10.7 Å². The molecule has 0 aliphatic heterocycles. The first-order chi connectivity index (χ1) is 6.52. The van der Waals surface area contributed by atoms with E-state index in [-0.39, 0.29) is 0 Å². The van der Waals surface area contributed by atoms with E-state index in [4.69, 9.17) is 0 Å². The lowest BCUT2D eigenvalue weighted by atomic mass is 9.74. The van der Waals surface area contributed by atoms with E-state index in [9.17, 15) is 0 Å². The Bertz CT molecular complexity index is 139. The third kappa shape index (κ3) is 4.22. The zero-order valence-corrected chi connectivity index (χ0v) is 13.1. The number of hydrogen-bond acceptors (Lipinski definition) is 0. The molecule has 0 saturated carbocycles. The van der Waals surface area contributed by atoms with E-state index < -0.39 is 0 Å². The van der Waals surface area contributed by atoms with Gasteiger partial charge in [0.05, 0.1) is 0 Å². The predicted molar refractivity (Wildman–Crippen MR) is 73.5 cm³/mol. The van der Waals surface area contributed by atoms with Crippen LogP contribution in [0.25, 0.3) is 0 Å². The zero-order chi connectivity index (χ0) is 11.2. The molecule has 86 valence electrons. The highest BCUT2D eigenvalue weighted by Crippen LogP contribution is 2.39. The van der Waals surface area contributed by atoms with Gasteiger partial charge in [0.25, 0.3) is 0 Å². The van der Waals surface area contributed by atoms with Gasteiger partial charge in [0, 0.05) is 10.7 Å². The zero-order valence-electron chi connectivity index (χ0n) is 9.95. The molecule has 2 heteroatoms. The molecule has 0 aliphatic rings. The molecule has 1 atom stereocenters. The molecule has 0 heterocycles. The van der Waals surface area contributed by atoms with Gasteiger partial charge >= 0.3 is 0 Å². The fraction of sp³-hybridized carbons (Fsp3) is 1.00. The average Bonchev–Trinajstić information content (AvgIpc) is 2.14. The fourth-order valence-corrected chi connectivity index (χ4v) is 4.66. The molecule has 0 nitrogen and oxygen atoms in total. The van der Waals surface area contributed by atoms with Crippen LogP contribution in [0.1, 0.15) is 47.0 Å². The molecule has 0 amide bonds. The highest BCUT2D eigenvalue weighted by atomic mass is 79.9. The maximum absolute atomic E-state index is 3.68. The number of halogens is 2. The summed E-state index contributed by atoms with van der Waals surface area (Å²) in [4.78, 5) is 0. The molecule has 0 radical (unpaired) electrons. The molecule has 0 rings (SSSR count). The summed E-state index contributed by atoms with van der Waals surface area (Å²) in [6, 6.07) is 0. The topological polar surface area (TPSA) is 0 Å². The number of rotatable bonds is 7. The lowest BCUT2D eigenvalue weighted by molar-refractivity contribution is 0.205. The SMILES string of the molecule is CCCC(C)CC(CBr)(CBr)C(C)C. The van der Waals surface area contributed by atoms with Crippen LogP contribution < -0.4 is 0 Å². The van der Waals surface area contributed by atoms with Gasteiger partial charge in [-0.05, 0) is 23.7 Å². The first-order valence-electron chi connectivity index (χ1n) is 5.64. The van der Waals surface area contributed by atoms with E-state index in [0.29, 0.717) is 5.41 Å². The fourth-order valence-electron chi connectivity index (χ4n) is 1.98. The van der Waals surface area contributed by atoms with Gasteiger partial charge in [-0.15, -0.1) is 0 Å². The lowest BCUT2D eigenvalue weighted by Gasteiger charge is -2.36. The molecule has 14 heavy (non-hydrogen) atoms. The maximum atomic E-state index is 3.68. The Morgan fingerprint density at radius 3 is 1.86 bits per heavy atom. The minimum absolute atomic E-state index is 0.439. The summed E-state index contributed by atoms with van der Waals surface area (Å²) in [5.74, 6) is 1.58. The van der Waals surface area contributed by atoms with Gasteiger partial charge in [0.2, 0.25) is 0 Å². The predicted octanol–water partition coefficient (Wildman–Crippen LogP) is 5.24. The summed E-state index contributed by atoms with van der Waals surface area (Å²) in [7, 11) is 0. The second-order valence-corrected chi connectivity index (χ2v) is 6.00. The van der Waals surface area contributed by atoms with Crippen molar-refractivity contribution in [1.82, 2.24) is 0 Å². The monoisotopic (exact) mass is 326 g/mol. The van der Waals surface area contributed by atoms with Crippen molar-refractivity contribution in [3.05, 3.63) is 0 Å². The summed E-state index contributed by atoms with van der Waals surface area (Å²) in [6.45, 7) is 9.32. The minimum Gasteiger partial charge on any atom is -0.0922 e. The summed E-state index contributed by atoms with van der Waals surface area (Å²) in [5, 5.41) is 2.22. The Hall–Kier alpha value is 0.960. The molecule has 0 aromatic heterocycles. The molecule has 0 spiro atoms. The average molecular weight is 328 g/mol. The highest BCUT2D eigenvalue weighted by Gasteiger charge is 2.32. The minimum atomic E-state index is 0.439. The van der Waals surface area contributed by atoms with E-state index in [0.717, 1.165) is 22.5 Å². The summed E-state index contributed by atoms with van der Waals surface area (Å²) < 4.78 is 0. The smallest absolute Gasteiger partial charge is 0.00985 e. The van der Waals surface area contributed by atoms with Gasteiger partial charge < -0.3 is 0 Å². The Balaban J connectivity index is 4.34. The molecule has 0 aliphatic carbocycles. The standard InChI is InChI=1S/C12H24Br2/c1-5-6-11(4)7-12(8-13,9-14)10(2)3/h10-11H,5-9H2,1-4H3. The van der Waals surface area contributed by atoms with Crippen molar-refractivity contribution < 1.29 is 0 Å². The van der Waals surface area contributed by atoms with E-state index in [1.54, 1.807) is 0 Å². The van der Waals surface area contributed by atoms with Crippen LogP contribution in [0.3, 0.4) is 0 Å². The van der Waals surface area contributed by atoms with Gasteiger partial charge in [0.15, 0.2) is 0 Å². The van der Waals surface area contributed by atoms with Crippen molar-refractivity contribution in [3.63, 3.8) is 0 Å². The maximum Gasteiger partial charge on any atom is 0.00985 e. The molecule has 0 N–H and O–H groups in total. The van der Waals surface area contributed by atoms with Crippen molar-refractivity contribution in [1.29, 1.82) is 0 Å². The Morgan fingerprint density at radius 1 is 1.07 bits per heavy atom. The van der Waals surface area contributed by atoms with Crippen molar-refractivity contribution >= 4 is 31.9 Å². The van der Waals surface area contributed by atoms with E-state index >= 15 is 0 Å². The second kappa shape index (κ2) is 7.27. The van der Waals surface area contributed by atoms with Crippen LogP contribution in [-0.2, 0) is 0 Å². The molecule has 0 fully saturated rings.